The number of benzene rings is 1. The van der Waals surface area contributed by atoms with Gasteiger partial charge in [-0.3, -0.25) is 9.89 Å². The first-order valence-corrected chi connectivity index (χ1v) is 10.8. The van der Waals surface area contributed by atoms with Crippen LogP contribution < -0.4 is 10.8 Å². The molecule has 1 aromatic heterocycles. The summed E-state index contributed by atoms with van der Waals surface area (Å²) in [6.07, 6.45) is 1.77. The molecule has 164 valence electrons. The van der Waals surface area contributed by atoms with Crippen molar-refractivity contribution in [2.45, 2.75) is 37.5 Å². The van der Waals surface area contributed by atoms with E-state index in [4.69, 9.17) is 17.0 Å². The van der Waals surface area contributed by atoms with Crippen molar-refractivity contribution in [2.24, 2.45) is 19.1 Å². The number of hydrogen-bond donors (Lipinski definition) is 1. The van der Waals surface area contributed by atoms with Crippen molar-refractivity contribution in [1.82, 2.24) is 14.0 Å². The molecular weight excluding hydrogens is 415 g/mol. The minimum absolute atomic E-state index is 0.188. The van der Waals surface area contributed by atoms with E-state index >= 15 is 0 Å². The van der Waals surface area contributed by atoms with E-state index in [-0.39, 0.29) is 23.9 Å². The van der Waals surface area contributed by atoms with Gasteiger partial charge in [0.1, 0.15) is 23.3 Å². The number of halogens is 1. The van der Waals surface area contributed by atoms with Crippen LogP contribution in [-0.2, 0) is 25.4 Å². The van der Waals surface area contributed by atoms with Crippen LogP contribution in [0.1, 0.15) is 24.0 Å². The third-order valence-electron chi connectivity index (χ3n) is 6.30. The molecular formula is C22H27FN6OS. The largest absolute Gasteiger partial charge is 0.378 e. The molecule has 0 aliphatic carbocycles. The highest BCUT2D eigenvalue weighted by molar-refractivity contribution is 7.71. The van der Waals surface area contributed by atoms with Crippen molar-refractivity contribution >= 4 is 18.0 Å². The maximum Gasteiger partial charge on any atom is 0.182 e. The zero-order valence-electron chi connectivity index (χ0n) is 18.0. The first-order valence-electron chi connectivity index (χ1n) is 10.4. The predicted molar refractivity (Wildman–Crippen MR) is 118 cm³/mol. The molecule has 2 unspecified atom stereocenters. The molecule has 0 saturated carbocycles. The molecule has 2 bridgehead atoms. The van der Waals surface area contributed by atoms with E-state index in [0.29, 0.717) is 34.9 Å². The first-order chi connectivity index (χ1) is 14.9. The quantitative estimate of drug-likeness (QED) is 0.737. The average molecular weight is 443 g/mol. The second-order valence-electron chi connectivity index (χ2n) is 8.24. The van der Waals surface area contributed by atoms with Crippen molar-refractivity contribution in [1.29, 1.82) is 5.26 Å². The van der Waals surface area contributed by atoms with Gasteiger partial charge in [0.2, 0.25) is 0 Å². The van der Waals surface area contributed by atoms with Gasteiger partial charge in [-0.1, -0.05) is 12.1 Å². The number of nitrogens with zero attached hydrogens (tertiary/aromatic N) is 5. The van der Waals surface area contributed by atoms with Crippen LogP contribution in [0.3, 0.4) is 0 Å². The minimum atomic E-state index is -0.216. The number of piperidine rings is 1. The molecule has 0 amide bonds. The lowest BCUT2D eigenvalue weighted by molar-refractivity contribution is -0.0802. The Bertz CT molecular complexity index is 1120. The standard InChI is InChI=1S/C22H27FN6OS/c1-25-20-19(10-24)21(28(3)22(31)27(20)2)26-16-8-17-12-30-13-18(9-16)29(17)11-14-4-6-15(23)7-5-14/h4-7,16-18,26H,8-9,11-13H2,1-3H3. The summed E-state index contributed by atoms with van der Waals surface area (Å²) in [5.74, 6) is 0.495. The monoisotopic (exact) mass is 442 g/mol. The molecule has 2 aliphatic heterocycles. The van der Waals surface area contributed by atoms with E-state index in [1.807, 2.05) is 30.8 Å². The highest BCUT2D eigenvalue weighted by Gasteiger charge is 2.39. The lowest BCUT2D eigenvalue weighted by Gasteiger charge is -2.49. The maximum atomic E-state index is 13.3. The van der Waals surface area contributed by atoms with Gasteiger partial charge >= 0.3 is 0 Å². The Morgan fingerprint density at radius 3 is 2.42 bits per heavy atom. The molecule has 2 atom stereocenters. The second-order valence-corrected chi connectivity index (χ2v) is 8.60. The van der Waals surface area contributed by atoms with Gasteiger partial charge in [0.25, 0.3) is 0 Å². The Morgan fingerprint density at radius 2 is 1.84 bits per heavy atom. The van der Waals surface area contributed by atoms with Crippen molar-refractivity contribution < 1.29 is 9.13 Å². The number of fused-ring (bicyclic) bond motifs is 2. The van der Waals surface area contributed by atoms with Crippen LogP contribution in [0.5, 0.6) is 0 Å². The van der Waals surface area contributed by atoms with Gasteiger partial charge in [0, 0.05) is 45.8 Å². The van der Waals surface area contributed by atoms with Gasteiger partial charge in [0.05, 0.1) is 13.2 Å². The Balaban J connectivity index is 1.58. The van der Waals surface area contributed by atoms with E-state index in [2.05, 4.69) is 21.3 Å². The van der Waals surface area contributed by atoms with Crippen LogP contribution >= 0.6 is 12.2 Å². The van der Waals surface area contributed by atoms with Crippen molar-refractivity contribution in [3.63, 3.8) is 0 Å². The van der Waals surface area contributed by atoms with Crippen molar-refractivity contribution in [2.75, 3.05) is 25.6 Å². The van der Waals surface area contributed by atoms with Gasteiger partial charge in [-0.2, -0.15) is 5.26 Å². The third-order valence-corrected chi connectivity index (χ3v) is 6.85. The third kappa shape index (κ3) is 4.15. The Morgan fingerprint density at radius 1 is 1.19 bits per heavy atom. The van der Waals surface area contributed by atoms with Crippen LogP contribution in [0, 0.1) is 21.9 Å². The number of morpholine rings is 1. The zero-order valence-corrected chi connectivity index (χ0v) is 18.8. The van der Waals surface area contributed by atoms with Crippen molar-refractivity contribution in [3.8, 4) is 6.07 Å². The van der Waals surface area contributed by atoms with E-state index < -0.39 is 0 Å². The van der Waals surface area contributed by atoms with E-state index in [1.54, 1.807) is 11.6 Å². The summed E-state index contributed by atoms with van der Waals surface area (Å²) in [6.45, 7) is 2.11. The van der Waals surface area contributed by atoms with Crippen LogP contribution in [0.2, 0.25) is 0 Å². The molecule has 0 radical (unpaired) electrons. The Kier molecular flexibility index (Phi) is 6.23. The lowest BCUT2D eigenvalue weighted by Crippen LogP contribution is -2.58. The fourth-order valence-electron chi connectivity index (χ4n) is 4.75. The molecule has 4 rings (SSSR count). The number of ether oxygens (including phenoxy) is 1. The van der Waals surface area contributed by atoms with Crippen LogP contribution in [0.15, 0.2) is 29.3 Å². The van der Waals surface area contributed by atoms with Gasteiger partial charge in [0.15, 0.2) is 10.3 Å². The highest BCUT2D eigenvalue weighted by Crippen LogP contribution is 2.31. The molecule has 2 saturated heterocycles. The van der Waals surface area contributed by atoms with Crippen LogP contribution in [-0.4, -0.2) is 52.4 Å². The number of aromatic nitrogens is 2. The smallest absolute Gasteiger partial charge is 0.182 e. The van der Waals surface area contributed by atoms with Gasteiger partial charge in [-0.15, -0.1) is 0 Å². The molecule has 2 fully saturated rings. The fraction of sp³-hybridized carbons (Fsp3) is 0.500. The van der Waals surface area contributed by atoms with Gasteiger partial charge in [-0.25, -0.2) is 4.39 Å². The normalized spacial score (nSPS) is 24.1. The number of anilines is 1. The van der Waals surface area contributed by atoms with Crippen LogP contribution in [0.25, 0.3) is 0 Å². The summed E-state index contributed by atoms with van der Waals surface area (Å²) in [5.41, 5.74) is 2.17. The molecule has 0 spiro atoms. The van der Waals surface area contributed by atoms with E-state index in [0.717, 1.165) is 24.9 Å². The van der Waals surface area contributed by atoms with Crippen molar-refractivity contribution in [3.05, 3.63) is 51.5 Å². The summed E-state index contributed by atoms with van der Waals surface area (Å²) < 4.78 is 23.3. The second kappa shape index (κ2) is 8.91. The first kappa shape index (κ1) is 21.7. The molecule has 7 nitrogen and oxygen atoms in total. The Hall–Kier alpha value is -2.54. The lowest BCUT2D eigenvalue weighted by atomic mass is 9.89. The summed E-state index contributed by atoms with van der Waals surface area (Å²) in [6, 6.07) is 9.71. The average Bonchev–Trinajstić information content (AvgIpc) is 2.75. The summed E-state index contributed by atoms with van der Waals surface area (Å²) in [4.78, 5) is 6.75. The molecule has 1 N–H and O–H groups in total. The predicted octanol–water partition coefficient (Wildman–Crippen LogP) is 2.48. The zero-order chi connectivity index (χ0) is 22.1. The van der Waals surface area contributed by atoms with Gasteiger partial charge < -0.3 is 19.2 Å². The molecule has 3 heterocycles. The molecule has 2 aromatic rings. The fourth-order valence-corrected chi connectivity index (χ4v) is 4.92. The number of nitrogens with one attached hydrogen (secondary N) is 1. The topological polar surface area (TPSA) is 70.5 Å². The molecule has 9 heteroatoms. The van der Waals surface area contributed by atoms with Gasteiger partial charge in [-0.05, 0) is 42.8 Å². The minimum Gasteiger partial charge on any atom is -0.378 e. The number of nitriles is 1. The van der Waals surface area contributed by atoms with Crippen LogP contribution in [0.4, 0.5) is 10.2 Å². The highest BCUT2D eigenvalue weighted by atomic mass is 32.1. The maximum absolute atomic E-state index is 13.3. The summed E-state index contributed by atoms with van der Waals surface area (Å²) in [5, 5.41) is 13.4. The number of rotatable bonds is 4. The molecule has 2 aliphatic rings. The Labute approximate surface area is 186 Å². The van der Waals surface area contributed by atoms with E-state index in [9.17, 15) is 9.65 Å². The van der Waals surface area contributed by atoms with E-state index in [1.165, 1.54) is 12.1 Å². The molecule has 1 aromatic carbocycles. The summed E-state index contributed by atoms with van der Waals surface area (Å²) >= 11 is 5.55. The number of hydrogen-bond acceptors (Lipinski definition) is 6. The SMILES string of the molecule is CN=c1c(C#N)c(NC2CC3COCC(C2)N3Cc2ccc(F)cc2)n(C)c(=S)n1C. The molecule has 31 heavy (non-hydrogen) atoms. The summed E-state index contributed by atoms with van der Waals surface area (Å²) in [7, 11) is 5.37.